The van der Waals surface area contributed by atoms with Crippen molar-refractivity contribution in [1.82, 2.24) is 10.2 Å². The lowest BCUT2D eigenvalue weighted by Gasteiger charge is -2.44. The monoisotopic (exact) mass is 284 g/mol. The van der Waals surface area contributed by atoms with Crippen molar-refractivity contribution < 1.29 is 0 Å². The van der Waals surface area contributed by atoms with E-state index in [2.05, 4.69) is 42.7 Å². The molecule has 2 fully saturated rings. The van der Waals surface area contributed by atoms with Crippen molar-refractivity contribution in [3.8, 4) is 0 Å². The first-order valence-corrected chi connectivity index (χ1v) is 9.41. The number of nitrogens with one attached hydrogen (secondary N) is 1. The summed E-state index contributed by atoms with van der Waals surface area (Å²) in [4.78, 5) is 2.82. The van der Waals surface area contributed by atoms with Gasteiger partial charge in [0.25, 0.3) is 0 Å². The minimum Gasteiger partial charge on any atom is -0.311 e. The first kappa shape index (κ1) is 15.7. The number of nitrogens with zero attached hydrogens (tertiary/aromatic N) is 1. The van der Waals surface area contributed by atoms with Crippen LogP contribution in [0, 0.1) is 11.8 Å². The van der Waals surface area contributed by atoms with Crippen LogP contribution >= 0.6 is 11.8 Å². The Morgan fingerprint density at radius 3 is 2.63 bits per heavy atom. The van der Waals surface area contributed by atoms with E-state index < -0.39 is 0 Å². The van der Waals surface area contributed by atoms with Crippen LogP contribution in [-0.2, 0) is 0 Å². The molecule has 0 saturated carbocycles. The minimum absolute atomic E-state index is 0.734. The molecule has 1 N–H and O–H groups in total. The van der Waals surface area contributed by atoms with Gasteiger partial charge in [0.05, 0.1) is 0 Å². The van der Waals surface area contributed by atoms with Crippen LogP contribution in [0.25, 0.3) is 0 Å². The van der Waals surface area contributed by atoms with E-state index in [1.54, 1.807) is 0 Å². The second-order valence-electron chi connectivity index (χ2n) is 6.71. The molecule has 0 bridgehead atoms. The molecule has 0 aliphatic carbocycles. The molecule has 0 amide bonds. The van der Waals surface area contributed by atoms with Crippen molar-refractivity contribution >= 4 is 11.8 Å². The fourth-order valence-electron chi connectivity index (χ4n) is 3.57. The maximum Gasteiger partial charge on any atom is 0.0244 e. The fourth-order valence-corrected chi connectivity index (χ4v) is 4.77. The standard InChI is InChI=1S/C16H32N2S/c1-4-5-15-12-18(16(10-17-15)13(2)3)11-14-6-8-19-9-7-14/h13-17H,4-12H2,1-3H3. The van der Waals surface area contributed by atoms with E-state index in [4.69, 9.17) is 0 Å². The molecule has 19 heavy (non-hydrogen) atoms. The van der Waals surface area contributed by atoms with Gasteiger partial charge in [-0.25, -0.2) is 0 Å². The molecular weight excluding hydrogens is 252 g/mol. The fraction of sp³-hybridized carbons (Fsp3) is 1.00. The topological polar surface area (TPSA) is 15.3 Å². The van der Waals surface area contributed by atoms with E-state index in [9.17, 15) is 0 Å². The predicted octanol–water partition coefficient (Wildman–Crippen LogP) is 3.23. The third kappa shape index (κ3) is 4.64. The van der Waals surface area contributed by atoms with Crippen LogP contribution < -0.4 is 5.32 Å². The summed E-state index contributed by atoms with van der Waals surface area (Å²) in [7, 11) is 0. The molecule has 0 aromatic rings. The first-order chi connectivity index (χ1) is 9.20. The number of rotatable bonds is 5. The van der Waals surface area contributed by atoms with Gasteiger partial charge in [-0.3, -0.25) is 4.90 Å². The summed E-state index contributed by atoms with van der Waals surface area (Å²) in [5, 5.41) is 3.77. The first-order valence-electron chi connectivity index (χ1n) is 8.25. The van der Waals surface area contributed by atoms with Gasteiger partial charge in [-0.2, -0.15) is 11.8 Å². The van der Waals surface area contributed by atoms with Crippen LogP contribution in [0.5, 0.6) is 0 Å². The SMILES string of the molecule is CCCC1CN(CC2CCSCC2)C(C(C)C)CN1. The molecule has 2 heterocycles. The highest BCUT2D eigenvalue weighted by molar-refractivity contribution is 7.99. The summed E-state index contributed by atoms with van der Waals surface area (Å²) in [5.74, 6) is 4.51. The third-order valence-corrected chi connectivity index (χ3v) is 5.83. The Morgan fingerprint density at radius 1 is 1.26 bits per heavy atom. The van der Waals surface area contributed by atoms with Gasteiger partial charge < -0.3 is 5.32 Å². The summed E-state index contributed by atoms with van der Waals surface area (Å²) in [5.41, 5.74) is 0. The summed E-state index contributed by atoms with van der Waals surface area (Å²) in [6.07, 6.45) is 5.52. The molecule has 2 rings (SSSR count). The molecule has 3 heteroatoms. The van der Waals surface area contributed by atoms with Crippen molar-refractivity contribution in [2.75, 3.05) is 31.1 Å². The molecule has 2 saturated heterocycles. The van der Waals surface area contributed by atoms with Crippen LogP contribution in [0.15, 0.2) is 0 Å². The predicted molar refractivity (Wildman–Crippen MR) is 86.9 cm³/mol. The van der Waals surface area contributed by atoms with Gasteiger partial charge in [-0.15, -0.1) is 0 Å². The molecule has 2 nitrogen and oxygen atoms in total. The van der Waals surface area contributed by atoms with Crippen molar-refractivity contribution in [3.63, 3.8) is 0 Å². The molecule has 0 aromatic carbocycles. The Balaban J connectivity index is 1.90. The minimum atomic E-state index is 0.734. The Bertz CT molecular complexity index is 251. The third-order valence-electron chi connectivity index (χ3n) is 4.78. The Labute approximate surface area is 124 Å². The van der Waals surface area contributed by atoms with Crippen LogP contribution in [0.3, 0.4) is 0 Å². The quantitative estimate of drug-likeness (QED) is 0.834. The van der Waals surface area contributed by atoms with Crippen LogP contribution in [0.4, 0.5) is 0 Å². The Hall–Kier alpha value is 0.270. The summed E-state index contributed by atoms with van der Waals surface area (Å²) >= 11 is 2.15. The molecule has 112 valence electrons. The lowest BCUT2D eigenvalue weighted by atomic mass is 9.94. The largest absolute Gasteiger partial charge is 0.311 e. The maximum atomic E-state index is 3.77. The van der Waals surface area contributed by atoms with Crippen LogP contribution in [-0.4, -0.2) is 48.1 Å². The highest BCUT2D eigenvalue weighted by atomic mass is 32.2. The average Bonchev–Trinajstić information content (AvgIpc) is 2.40. The molecule has 2 atom stereocenters. The van der Waals surface area contributed by atoms with E-state index in [0.717, 1.165) is 23.9 Å². The van der Waals surface area contributed by atoms with Crippen molar-refractivity contribution in [2.45, 2.75) is 58.5 Å². The molecular formula is C16H32N2S. The van der Waals surface area contributed by atoms with Crippen LogP contribution in [0.2, 0.25) is 0 Å². The molecule has 0 radical (unpaired) electrons. The second kappa shape index (κ2) is 7.90. The lowest BCUT2D eigenvalue weighted by Crippen LogP contribution is -2.59. The van der Waals surface area contributed by atoms with Gasteiger partial charge in [-0.05, 0) is 42.6 Å². The van der Waals surface area contributed by atoms with E-state index in [-0.39, 0.29) is 0 Å². The number of piperazine rings is 1. The van der Waals surface area contributed by atoms with Crippen molar-refractivity contribution in [1.29, 1.82) is 0 Å². The molecule has 2 aliphatic heterocycles. The number of thioether (sulfide) groups is 1. The summed E-state index contributed by atoms with van der Waals surface area (Å²) < 4.78 is 0. The average molecular weight is 285 g/mol. The highest BCUT2D eigenvalue weighted by Gasteiger charge is 2.31. The molecule has 2 unspecified atom stereocenters. The van der Waals surface area contributed by atoms with Gasteiger partial charge in [0, 0.05) is 31.7 Å². The number of hydrogen-bond acceptors (Lipinski definition) is 3. The van der Waals surface area contributed by atoms with Gasteiger partial charge in [0.1, 0.15) is 0 Å². The Kier molecular flexibility index (Phi) is 6.51. The molecule has 0 aromatic heterocycles. The molecule has 2 aliphatic rings. The lowest BCUT2D eigenvalue weighted by molar-refractivity contribution is 0.0774. The van der Waals surface area contributed by atoms with E-state index in [1.165, 1.54) is 56.8 Å². The summed E-state index contributed by atoms with van der Waals surface area (Å²) in [6.45, 7) is 10.9. The van der Waals surface area contributed by atoms with Crippen LogP contribution in [0.1, 0.15) is 46.5 Å². The zero-order chi connectivity index (χ0) is 13.7. The molecule has 0 spiro atoms. The van der Waals surface area contributed by atoms with Crippen molar-refractivity contribution in [3.05, 3.63) is 0 Å². The smallest absolute Gasteiger partial charge is 0.0244 e. The number of hydrogen-bond donors (Lipinski definition) is 1. The van der Waals surface area contributed by atoms with E-state index >= 15 is 0 Å². The normalized spacial score (nSPS) is 30.9. The van der Waals surface area contributed by atoms with Gasteiger partial charge in [0.2, 0.25) is 0 Å². The second-order valence-corrected chi connectivity index (χ2v) is 7.94. The van der Waals surface area contributed by atoms with E-state index in [1.807, 2.05) is 0 Å². The Morgan fingerprint density at radius 2 is 2.00 bits per heavy atom. The highest BCUT2D eigenvalue weighted by Crippen LogP contribution is 2.26. The van der Waals surface area contributed by atoms with Gasteiger partial charge >= 0.3 is 0 Å². The summed E-state index contributed by atoms with van der Waals surface area (Å²) in [6, 6.07) is 1.49. The van der Waals surface area contributed by atoms with Gasteiger partial charge in [0.15, 0.2) is 0 Å². The zero-order valence-corrected chi connectivity index (χ0v) is 13.8. The maximum absolute atomic E-state index is 3.77. The van der Waals surface area contributed by atoms with Gasteiger partial charge in [-0.1, -0.05) is 27.2 Å². The van der Waals surface area contributed by atoms with Crippen molar-refractivity contribution in [2.24, 2.45) is 11.8 Å². The zero-order valence-electron chi connectivity index (χ0n) is 13.0. The van der Waals surface area contributed by atoms with E-state index in [0.29, 0.717) is 0 Å².